The molecule has 0 radical (unpaired) electrons. The molecule has 0 aliphatic carbocycles. The molecule has 1 aromatic heterocycles. The summed E-state index contributed by atoms with van der Waals surface area (Å²) in [5.41, 5.74) is 2.34. The van der Waals surface area contributed by atoms with Gasteiger partial charge in [0, 0.05) is 6.07 Å². The summed E-state index contributed by atoms with van der Waals surface area (Å²) < 4.78 is 5.16. The zero-order valence-corrected chi connectivity index (χ0v) is 12.3. The zero-order valence-electron chi connectivity index (χ0n) is 12.3. The summed E-state index contributed by atoms with van der Waals surface area (Å²) in [5, 5.41) is 3.46. The molecule has 3 rings (SSSR count). The van der Waals surface area contributed by atoms with Gasteiger partial charge in [0.1, 0.15) is 12.1 Å². The molecule has 0 aliphatic heterocycles. The smallest absolute Gasteiger partial charge is 0.218 e. The Kier molecular flexibility index (Phi) is 4.30. The zero-order chi connectivity index (χ0) is 15.2. The van der Waals surface area contributed by atoms with Crippen LogP contribution in [-0.2, 0) is 0 Å². The first-order valence-corrected chi connectivity index (χ1v) is 7.09. The highest BCUT2D eigenvalue weighted by Gasteiger charge is 2.14. The summed E-state index contributed by atoms with van der Waals surface area (Å²) in [6.07, 6.45) is 1.49. The third kappa shape index (κ3) is 3.23. The Morgan fingerprint density at radius 1 is 0.864 bits per heavy atom. The quantitative estimate of drug-likeness (QED) is 0.779. The minimum atomic E-state index is 0.0157. The van der Waals surface area contributed by atoms with Gasteiger partial charge in [-0.15, -0.1) is 0 Å². The molecule has 110 valence electrons. The molecule has 22 heavy (non-hydrogen) atoms. The maximum absolute atomic E-state index is 5.16. The normalized spacial score (nSPS) is 10.5. The van der Waals surface area contributed by atoms with Gasteiger partial charge in [0.2, 0.25) is 5.88 Å². The third-order valence-electron chi connectivity index (χ3n) is 3.41. The van der Waals surface area contributed by atoms with Crippen molar-refractivity contribution in [2.24, 2.45) is 0 Å². The second-order valence-electron chi connectivity index (χ2n) is 4.84. The van der Waals surface area contributed by atoms with Crippen LogP contribution in [0.3, 0.4) is 0 Å². The number of benzene rings is 2. The Labute approximate surface area is 129 Å². The summed E-state index contributed by atoms with van der Waals surface area (Å²) in [4.78, 5) is 8.31. The number of anilines is 1. The molecule has 4 nitrogen and oxygen atoms in total. The van der Waals surface area contributed by atoms with Crippen molar-refractivity contribution in [1.82, 2.24) is 9.97 Å². The molecule has 0 amide bonds. The number of nitrogens with one attached hydrogen (secondary N) is 1. The number of nitrogens with zero attached hydrogens (tertiary/aromatic N) is 2. The molecular weight excluding hydrogens is 274 g/mol. The van der Waals surface area contributed by atoms with E-state index in [2.05, 4.69) is 39.6 Å². The molecule has 4 heteroatoms. The molecule has 3 aromatic rings. The SMILES string of the molecule is COc1cc(NC(c2ccccc2)c2ccccc2)ncn1. The van der Waals surface area contributed by atoms with Crippen LogP contribution in [0.1, 0.15) is 17.2 Å². The molecule has 1 heterocycles. The van der Waals surface area contributed by atoms with Gasteiger partial charge in [0.15, 0.2) is 0 Å². The van der Waals surface area contributed by atoms with Gasteiger partial charge >= 0.3 is 0 Å². The number of hydrogen-bond acceptors (Lipinski definition) is 4. The lowest BCUT2D eigenvalue weighted by Crippen LogP contribution is -2.13. The largest absolute Gasteiger partial charge is 0.481 e. The van der Waals surface area contributed by atoms with Crippen LogP contribution >= 0.6 is 0 Å². The Bertz CT molecular complexity index is 677. The van der Waals surface area contributed by atoms with E-state index in [1.54, 1.807) is 13.2 Å². The van der Waals surface area contributed by atoms with Crippen LogP contribution in [0, 0.1) is 0 Å². The monoisotopic (exact) mass is 291 g/mol. The van der Waals surface area contributed by atoms with E-state index in [9.17, 15) is 0 Å². The van der Waals surface area contributed by atoms with Crippen LogP contribution in [-0.4, -0.2) is 17.1 Å². The molecule has 0 bridgehead atoms. The topological polar surface area (TPSA) is 47.0 Å². The van der Waals surface area contributed by atoms with Crippen LogP contribution in [0.2, 0.25) is 0 Å². The number of rotatable bonds is 5. The van der Waals surface area contributed by atoms with E-state index < -0.39 is 0 Å². The minimum Gasteiger partial charge on any atom is -0.481 e. The Balaban J connectivity index is 1.95. The van der Waals surface area contributed by atoms with Gasteiger partial charge in [-0.25, -0.2) is 9.97 Å². The molecular formula is C18H17N3O. The maximum atomic E-state index is 5.16. The van der Waals surface area contributed by atoms with Crippen molar-refractivity contribution in [1.29, 1.82) is 0 Å². The highest BCUT2D eigenvalue weighted by atomic mass is 16.5. The van der Waals surface area contributed by atoms with E-state index in [1.165, 1.54) is 17.5 Å². The molecule has 0 saturated carbocycles. The first-order valence-electron chi connectivity index (χ1n) is 7.09. The number of ether oxygens (including phenoxy) is 1. The first kappa shape index (κ1) is 14.1. The summed E-state index contributed by atoms with van der Waals surface area (Å²) in [5.74, 6) is 1.27. The van der Waals surface area contributed by atoms with Gasteiger partial charge in [-0.05, 0) is 11.1 Å². The van der Waals surface area contributed by atoms with E-state index in [0.29, 0.717) is 5.88 Å². The molecule has 0 atom stereocenters. The van der Waals surface area contributed by atoms with Gasteiger partial charge in [-0.3, -0.25) is 0 Å². The molecule has 2 aromatic carbocycles. The van der Waals surface area contributed by atoms with Gasteiger partial charge < -0.3 is 10.1 Å². The van der Waals surface area contributed by atoms with E-state index in [1.807, 2.05) is 36.4 Å². The van der Waals surface area contributed by atoms with Crippen LogP contribution in [0.5, 0.6) is 5.88 Å². The highest BCUT2D eigenvalue weighted by Crippen LogP contribution is 2.26. The van der Waals surface area contributed by atoms with Crippen molar-refractivity contribution in [2.45, 2.75) is 6.04 Å². The fraction of sp³-hybridized carbons (Fsp3) is 0.111. The predicted molar refractivity (Wildman–Crippen MR) is 86.9 cm³/mol. The molecule has 0 saturated heterocycles. The van der Waals surface area contributed by atoms with Crippen molar-refractivity contribution in [3.8, 4) is 5.88 Å². The summed E-state index contributed by atoms with van der Waals surface area (Å²) in [6, 6.07) is 22.4. The maximum Gasteiger partial charge on any atom is 0.218 e. The van der Waals surface area contributed by atoms with Crippen molar-refractivity contribution in [3.63, 3.8) is 0 Å². The third-order valence-corrected chi connectivity index (χ3v) is 3.41. The number of aromatic nitrogens is 2. The summed E-state index contributed by atoms with van der Waals surface area (Å²) in [7, 11) is 1.60. The van der Waals surface area contributed by atoms with E-state index >= 15 is 0 Å². The van der Waals surface area contributed by atoms with Crippen LogP contribution in [0.25, 0.3) is 0 Å². The van der Waals surface area contributed by atoms with Gasteiger partial charge in [-0.1, -0.05) is 60.7 Å². The lowest BCUT2D eigenvalue weighted by Gasteiger charge is -2.20. The Morgan fingerprint density at radius 3 is 2.00 bits per heavy atom. The lowest BCUT2D eigenvalue weighted by atomic mass is 9.99. The van der Waals surface area contributed by atoms with Gasteiger partial charge in [-0.2, -0.15) is 0 Å². The van der Waals surface area contributed by atoms with Crippen molar-refractivity contribution in [3.05, 3.63) is 84.2 Å². The number of methoxy groups -OCH3 is 1. The van der Waals surface area contributed by atoms with E-state index in [4.69, 9.17) is 4.74 Å². The van der Waals surface area contributed by atoms with Crippen molar-refractivity contribution >= 4 is 5.82 Å². The van der Waals surface area contributed by atoms with E-state index in [-0.39, 0.29) is 6.04 Å². The summed E-state index contributed by atoms with van der Waals surface area (Å²) in [6.45, 7) is 0. The average Bonchev–Trinajstić information content (AvgIpc) is 2.61. The number of hydrogen-bond donors (Lipinski definition) is 1. The Hall–Kier alpha value is -2.88. The fourth-order valence-corrected chi connectivity index (χ4v) is 2.33. The van der Waals surface area contributed by atoms with E-state index in [0.717, 1.165) is 5.82 Å². The second kappa shape index (κ2) is 6.72. The van der Waals surface area contributed by atoms with Crippen LogP contribution in [0.4, 0.5) is 5.82 Å². The van der Waals surface area contributed by atoms with Gasteiger partial charge in [0.05, 0.1) is 13.2 Å². The molecule has 0 fully saturated rings. The molecule has 0 aliphatic rings. The molecule has 0 unspecified atom stereocenters. The molecule has 1 N–H and O–H groups in total. The minimum absolute atomic E-state index is 0.0157. The fourth-order valence-electron chi connectivity index (χ4n) is 2.33. The lowest BCUT2D eigenvalue weighted by molar-refractivity contribution is 0.397. The van der Waals surface area contributed by atoms with Crippen molar-refractivity contribution in [2.75, 3.05) is 12.4 Å². The Morgan fingerprint density at radius 2 is 1.45 bits per heavy atom. The summed E-state index contributed by atoms with van der Waals surface area (Å²) >= 11 is 0. The molecule has 0 spiro atoms. The second-order valence-corrected chi connectivity index (χ2v) is 4.84. The highest BCUT2D eigenvalue weighted by molar-refractivity contribution is 5.45. The first-order chi connectivity index (χ1) is 10.9. The van der Waals surface area contributed by atoms with Crippen molar-refractivity contribution < 1.29 is 4.74 Å². The van der Waals surface area contributed by atoms with Crippen LogP contribution < -0.4 is 10.1 Å². The van der Waals surface area contributed by atoms with Crippen LogP contribution in [0.15, 0.2) is 73.1 Å². The standard InChI is InChI=1S/C18H17N3O/c1-22-17-12-16(19-13-20-17)21-18(14-8-4-2-5-9-14)15-10-6-3-7-11-15/h2-13,18H,1H3,(H,19,20,21). The van der Waals surface area contributed by atoms with Gasteiger partial charge in [0.25, 0.3) is 0 Å². The predicted octanol–water partition coefficient (Wildman–Crippen LogP) is 3.69. The average molecular weight is 291 g/mol.